The van der Waals surface area contributed by atoms with Crippen LogP contribution < -0.4 is 10.1 Å². The second-order valence-electron chi connectivity index (χ2n) is 4.39. The van der Waals surface area contributed by atoms with E-state index in [2.05, 4.69) is 15.3 Å². The summed E-state index contributed by atoms with van der Waals surface area (Å²) < 4.78 is 9.97. The predicted molar refractivity (Wildman–Crippen MR) is 61.7 cm³/mol. The molecule has 0 aliphatic carbocycles. The fraction of sp³-hybridized carbons (Fsp3) is 0.545. The molecule has 0 aliphatic heterocycles. The zero-order chi connectivity index (χ0) is 12.9. The summed E-state index contributed by atoms with van der Waals surface area (Å²) in [6.07, 6.45) is 1.09. The molecule has 1 aromatic rings. The molecule has 6 nitrogen and oxygen atoms in total. The van der Waals surface area contributed by atoms with Crippen LogP contribution in [0.4, 0.5) is 4.79 Å². The number of hydrogen-bond donors (Lipinski definition) is 1. The first-order chi connectivity index (χ1) is 7.90. The quantitative estimate of drug-likeness (QED) is 0.865. The fourth-order valence-corrected chi connectivity index (χ4v) is 1.05. The van der Waals surface area contributed by atoms with Gasteiger partial charge in [-0.3, -0.25) is 0 Å². The van der Waals surface area contributed by atoms with Gasteiger partial charge in [0, 0.05) is 6.20 Å². The molecule has 0 atom stereocenters. The molecule has 1 heterocycles. The van der Waals surface area contributed by atoms with Crippen LogP contribution in [0.1, 0.15) is 26.5 Å². The average Bonchev–Trinajstić information content (AvgIpc) is 2.24. The van der Waals surface area contributed by atoms with Crippen molar-refractivity contribution in [2.75, 3.05) is 7.11 Å². The van der Waals surface area contributed by atoms with Gasteiger partial charge in [0.05, 0.1) is 19.3 Å². The Bertz CT molecular complexity index is 388. The summed E-state index contributed by atoms with van der Waals surface area (Å²) in [4.78, 5) is 19.3. The van der Waals surface area contributed by atoms with Gasteiger partial charge in [-0.25, -0.2) is 9.78 Å². The van der Waals surface area contributed by atoms with Crippen LogP contribution in [0, 0.1) is 0 Å². The Kier molecular flexibility index (Phi) is 4.25. The van der Waals surface area contributed by atoms with E-state index in [1.165, 1.54) is 7.11 Å². The number of amides is 1. The number of carbonyl (C=O) groups excluding carboxylic acids is 1. The topological polar surface area (TPSA) is 73.3 Å². The van der Waals surface area contributed by atoms with E-state index >= 15 is 0 Å². The van der Waals surface area contributed by atoms with Crippen LogP contribution >= 0.6 is 0 Å². The monoisotopic (exact) mass is 239 g/mol. The van der Waals surface area contributed by atoms with E-state index in [-0.39, 0.29) is 12.6 Å². The number of aromatic nitrogens is 2. The number of rotatable bonds is 3. The largest absolute Gasteiger partial charge is 0.467 e. The number of nitrogens with zero attached hydrogens (tertiary/aromatic N) is 2. The molecule has 0 unspecified atom stereocenters. The number of methoxy groups -OCH3 is 1. The van der Waals surface area contributed by atoms with Crippen molar-refractivity contribution in [1.82, 2.24) is 15.3 Å². The SMILES string of the molecule is COc1nccc(CNC(=O)OC(C)(C)C)n1. The Morgan fingerprint density at radius 2 is 2.18 bits per heavy atom. The number of alkyl carbamates (subject to hydrolysis) is 1. The van der Waals surface area contributed by atoms with E-state index < -0.39 is 11.7 Å². The number of nitrogens with one attached hydrogen (secondary N) is 1. The summed E-state index contributed by atoms with van der Waals surface area (Å²) in [7, 11) is 1.49. The lowest BCUT2D eigenvalue weighted by atomic mass is 10.2. The lowest BCUT2D eigenvalue weighted by Gasteiger charge is -2.19. The Balaban J connectivity index is 2.47. The van der Waals surface area contributed by atoms with E-state index in [0.29, 0.717) is 5.69 Å². The molecule has 0 saturated carbocycles. The van der Waals surface area contributed by atoms with Crippen molar-refractivity contribution in [3.8, 4) is 6.01 Å². The van der Waals surface area contributed by atoms with Crippen LogP contribution in [0.15, 0.2) is 12.3 Å². The highest BCUT2D eigenvalue weighted by Crippen LogP contribution is 2.07. The van der Waals surface area contributed by atoms with Crippen molar-refractivity contribution >= 4 is 6.09 Å². The van der Waals surface area contributed by atoms with Gasteiger partial charge in [-0.15, -0.1) is 0 Å². The maximum absolute atomic E-state index is 11.4. The van der Waals surface area contributed by atoms with Gasteiger partial charge in [0.25, 0.3) is 0 Å². The third kappa shape index (κ3) is 5.14. The van der Waals surface area contributed by atoms with Gasteiger partial charge in [0.2, 0.25) is 0 Å². The van der Waals surface area contributed by atoms with Crippen molar-refractivity contribution in [3.05, 3.63) is 18.0 Å². The molecule has 17 heavy (non-hydrogen) atoms. The molecular weight excluding hydrogens is 222 g/mol. The summed E-state index contributed by atoms with van der Waals surface area (Å²) in [6, 6.07) is 1.97. The molecule has 0 radical (unpaired) electrons. The second kappa shape index (κ2) is 5.47. The zero-order valence-corrected chi connectivity index (χ0v) is 10.5. The lowest BCUT2D eigenvalue weighted by Crippen LogP contribution is -2.32. The molecule has 0 spiro atoms. The number of ether oxygens (including phenoxy) is 2. The molecule has 0 saturated heterocycles. The maximum atomic E-state index is 11.4. The first kappa shape index (κ1) is 13.2. The van der Waals surface area contributed by atoms with Crippen LogP contribution in [0.5, 0.6) is 6.01 Å². The van der Waals surface area contributed by atoms with Gasteiger partial charge in [0.15, 0.2) is 0 Å². The third-order valence-electron chi connectivity index (χ3n) is 1.69. The first-order valence-electron chi connectivity index (χ1n) is 5.23. The minimum absolute atomic E-state index is 0.272. The summed E-state index contributed by atoms with van der Waals surface area (Å²) in [5.74, 6) is 0. The highest BCUT2D eigenvalue weighted by Gasteiger charge is 2.15. The molecule has 1 rings (SSSR count). The molecule has 0 bridgehead atoms. The van der Waals surface area contributed by atoms with Crippen LogP contribution in [0.3, 0.4) is 0 Å². The van der Waals surface area contributed by atoms with Crippen LogP contribution in [-0.4, -0.2) is 28.8 Å². The molecule has 94 valence electrons. The molecular formula is C11H17N3O3. The van der Waals surface area contributed by atoms with Gasteiger partial charge >= 0.3 is 12.1 Å². The summed E-state index contributed by atoms with van der Waals surface area (Å²) in [5, 5.41) is 2.60. The second-order valence-corrected chi connectivity index (χ2v) is 4.39. The minimum Gasteiger partial charge on any atom is -0.467 e. The van der Waals surface area contributed by atoms with Gasteiger partial charge < -0.3 is 14.8 Å². The van der Waals surface area contributed by atoms with Gasteiger partial charge in [-0.1, -0.05) is 0 Å². The lowest BCUT2D eigenvalue weighted by molar-refractivity contribution is 0.0522. The van der Waals surface area contributed by atoms with E-state index in [0.717, 1.165) is 0 Å². The summed E-state index contributed by atoms with van der Waals surface area (Å²) >= 11 is 0. The van der Waals surface area contributed by atoms with Crippen LogP contribution in [-0.2, 0) is 11.3 Å². The van der Waals surface area contributed by atoms with Crippen molar-refractivity contribution in [1.29, 1.82) is 0 Å². The first-order valence-corrected chi connectivity index (χ1v) is 5.23. The number of hydrogen-bond acceptors (Lipinski definition) is 5. The van der Waals surface area contributed by atoms with E-state index in [1.54, 1.807) is 33.0 Å². The molecule has 1 aromatic heterocycles. The van der Waals surface area contributed by atoms with Crippen LogP contribution in [0.25, 0.3) is 0 Å². The van der Waals surface area contributed by atoms with Gasteiger partial charge in [-0.05, 0) is 26.8 Å². The molecule has 0 aromatic carbocycles. The highest BCUT2D eigenvalue weighted by atomic mass is 16.6. The fourth-order valence-electron chi connectivity index (χ4n) is 1.05. The summed E-state index contributed by atoms with van der Waals surface area (Å²) in [5.41, 5.74) is 0.149. The smallest absolute Gasteiger partial charge is 0.407 e. The normalized spacial score (nSPS) is 10.8. The Morgan fingerprint density at radius 3 is 2.76 bits per heavy atom. The minimum atomic E-state index is -0.507. The highest BCUT2D eigenvalue weighted by molar-refractivity contribution is 5.67. The molecule has 1 N–H and O–H groups in total. The molecule has 6 heteroatoms. The van der Waals surface area contributed by atoms with Gasteiger partial charge in [0.1, 0.15) is 5.60 Å². The predicted octanol–water partition coefficient (Wildman–Crippen LogP) is 1.51. The van der Waals surface area contributed by atoms with E-state index in [1.807, 2.05) is 0 Å². The van der Waals surface area contributed by atoms with E-state index in [9.17, 15) is 4.79 Å². The van der Waals surface area contributed by atoms with E-state index in [4.69, 9.17) is 9.47 Å². The van der Waals surface area contributed by atoms with Crippen molar-refractivity contribution in [3.63, 3.8) is 0 Å². The zero-order valence-electron chi connectivity index (χ0n) is 10.5. The molecule has 1 amide bonds. The summed E-state index contributed by atoms with van der Waals surface area (Å²) in [6.45, 7) is 5.69. The standard InChI is InChI=1S/C11H17N3O3/c1-11(2,3)17-10(15)13-7-8-5-6-12-9(14-8)16-4/h5-6H,7H2,1-4H3,(H,13,15). The molecule has 0 fully saturated rings. The average molecular weight is 239 g/mol. The van der Waals surface area contributed by atoms with Crippen LogP contribution in [0.2, 0.25) is 0 Å². The van der Waals surface area contributed by atoms with Crippen molar-refractivity contribution in [2.45, 2.75) is 32.9 Å². The van der Waals surface area contributed by atoms with Crippen molar-refractivity contribution in [2.24, 2.45) is 0 Å². The maximum Gasteiger partial charge on any atom is 0.407 e. The Hall–Kier alpha value is -1.85. The van der Waals surface area contributed by atoms with Crippen molar-refractivity contribution < 1.29 is 14.3 Å². The van der Waals surface area contributed by atoms with Gasteiger partial charge in [-0.2, -0.15) is 4.98 Å². The number of carbonyl (C=O) groups is 1. The molecule has 0 aliphatic rings. The third-order valence-corrected chi connectivity index (χ3v) is 1.69. The Morgan fingerprint density at radius 1 is 1.47 bits per heavy atom. The Labute approximate surface area is 100 Å².